The van der Waals surface area contributed by atoms with Crippen LogP contribution in [0.15, 0.2) is 0 Å². The van der Waals surface area contributed by atoms with Crippen molar-refractivity contribution in [3.8, 4) is 0 Å². The van der Waals surface area contributed by atoms with Crippen LogP contribution in [0.3, 0.4) is 0 Å². The summed E-state index contributed by atoms with van der Waals surface area (Å²) < 4.78 is 0. The smallest absolute Gasteiger partial charge is 0.322 e. The summed E-state index contributed by atoms with van der Waals surface area (Å²) in [4.78, 5) is 34.4. The van der Waals surface area contributed by atoms with Crippen LogP contribution in [-0.2, 0) is 9.59 Å². The molecule has 1 aliphatic heterocycles. The summed E-state index contributed by atoms with van der Waals surface area (Å²) in [6, 6.07) is -0.483. The van der Waals surface area contributed by atoms with Crippen LogP contribution in [0.25, 0.3) is 0 Å². The molecule has 3 N–H and O–H groups in total. The van der Waals surface area contributed by atoms with Gasteiger partial charge in [0.1, 0.15) is 5.54 Å². The molecule has 3 amide bonds. The summed E-state index contributed by atoms with van der Waals surface area (Å²) in [6.45, 7) is 0. The van der Waals surface area contributed by atoms with E-state index in [1.54, 1.807) is 0 Å². The van der Waals surface area contributed by atoms with Crippen LogP contribution in [0.1, 0.15) is 12.8 Å². The summed E-state index contributed by atoms with van der Waals surface area (Å²) in [7, 11) is 0. The quantitative estimate of drug-likeness (QED) is 0.511. The van der Waals surface area contributed by atoms with Gasteiger partial charge in [-0.1, -0.05) is 0 Å². The van der Waals surface area contributed by atoms with E-state index in [0.29, 0.717) is 6.42 Å². The fourth-order valence-corrected chi connectivity index (χ4v) is 4.63. The van der Waals surface area contributed by atoms with Gasteiger partial charge >= 0.3 is 12.0 Å². The number of nitrogens with one attached hydrogen (secondary N) is 2. The third-order valence-corrected chi connectivity index (χ3v) is 5.09. The Morgan fingerprint density at radius 3 is 2.62 bits per heavy atom. The van der Waals surface area contributed by atoms with E-state index in [1.807, 2.05) is 0 Å². The lowest BCUT2D eigenvalue weighted by atomic mass is 9.88. The average molecular weight is 222 g/mol. The minimum atomic E-state index is -0.903. The molecule has 1 spiro atoms. The second-order valence-corrected chi connectivity index (χ2v) is 5.34. The third kappa shape index (κ3) is 0.546. The largest absolute Gasteiger partial charge is 0.481 e. The maximum Gasteiger partial charge on any atom is 0.322 e. The first kappa shape index (κ1) is 8.55. The van der Waals surface area contributed by atoms with Crippen LogP contribution in [0.2, 0.25) is 0 Å². The molecule has 6 heteroatoms. The number of carbonyl (C=O) groups is 3. The van der Waals surface area contributed by atoms with Crippen molar-refractivity contribution in [3.05, 3.63) is 0 Å². The molecule has 5 aliphatic rings. The average Bonchev–Trinajstić information content (AvgIpc) is 2.61. The van der Waals surface area contributed by atoms with Gasteiger partial charge in [-0.25, -0.2) is 4.79 Å². The SMILES string of the molecule is O=C1NC(=O)C2(N1)[C@@H]1C[C@@H]3[C@H]2[C@]3(C(=O)O)C1. The Bertz CT molecular complexity index is 475. The first-order valence-electron chi connectivity index (χ1n) is 5.40. The van der Waals surface area contributed by atoms with Crippen molar-refractivity contribution < 1.29 is 19.5 Å². The molecule has 4 bridgehead atoms. The van der Waals surface area contributed by atoms with Gasteiger partial charge in [-0.2, -0.15) is 0 Å². The van der Waals surface area contributed by atoms with Gasteiger partial charge in [-0.05, 0) is 24.7 Å². The summed E-state index contributed by atoms with van der Waals surface area (Å²) in [5, 5.41) is 14.2. The summed E-state index contributed by atoms with van der Waals surface area (Å²) in [5.74, 6) is -1.23. The summed E-state index contributed by atoms with van der Waals surface area (Å²) in [5.41, 5.74) is -1.63. The lowest BCUT2D eigenvalue weighted by Gasteiger charge is -2.24. The van der Waals surface area contributed by atoms with Crippen molar-refractivity contribution in [1.82, 2.24) is 10.6 Å². The molecule has 16 heavy (non-hydrogen) atoms. The number of imide groups is 1. The van der Waals surface area contributed by atoms with E-state index in [4.69, 9.17) is 0 Å². The highest BCUT2D eigenvalue weighted by molar-refractivity contribution is 6.09. The van der Waals surface area contributed by atoms with Gasteiger partial charge in [0.05, 0.1) is 5.41 Å². The minimum absolute atomic E-state index is 0.00468. The third-order valence-electron chi connectivity index (χ3n) is 5.09. The highest BCUT2D eigenvalue weighted by Gasteiger charge is 2.90. The maximum absolute atomic E-state index is 11.9. The minimum Gasteiger partial charge on any atom is -0.481 e. The summed E-state index contributed by atoms with van der Waals surface area (Å²) >= 11 is 0. The zero-order valence-corrected chi connectivity index (χ0v) is 8.32. The first-order chi connectivity index (χ1) is 7.53. The van der Waals surface area contributed by atoms with Gasteiger partial charge in [-0.3, -0.25) is 14.9 Å². The lowest BCUT2D eigenvalue weighted by molar-refractivity contribution is -0.143. The molecule has 6 nitrogen and oxygen atoms in total. The van der Waals surface area contributed by atoms with E-state index in [2.05, 4.69) is 10.6 Å². The zero-order valence-electron chi connectivity index (χ0n) is 8.32. The van der Waals surface area contributed by atoms with E-state index >= 15 is 0 Å². The van der Waals surface area contributed by atoms with Crippen LogP contribution in [0.4, 0.5) is 4.79 Å². The van der Waals surface area contributed by atoms with Gasteiger partial charge < -0.3 is 10.4 Å². The van der Waals surface area contributed by atoms with Gasteiger partial charge in [0, 0.05) is 5.92 Å². The molecule has 0 aromatic heterocycles. The zero-order chi connectivity index (χ0) is 11.3. The van der Waals surface area contributed by atoms with Crippen molar-refractivity contribution in [2.75, 3.05) is 0 Å². The molecule has 0 aromatic carbocycles. The van der Waals surface area contributed by atoms with Crippen molar-refractivity contribution in [1.29, 1.82) is 0 Å². The van der Waals surface area contributed by atoms with Gasteiger partial charge in [0.25, 0.3) is 5.91 Å². The maximum atomic E-state index is 11.9. The Kier molecular flexibility index (Phi) is 1.05. The molecular weight excluding hydrogens is 212 g/mol. The fourth-order valence-electron chi connectivity index (χ4n) is 4.63. The number of hydrogen-bond acceptors (Lipinski definition) is 3. The Balaban J connectivity index is 1.84. The van der Waals surface area contributed by atoms with Crippen molar-refractivity contribution in [3.63, 3.8) is 0 Å². The molecule has 5 rings (SSSR count). The molecule has 5 atom stereocenters. The molecule has 0 radical (unpaired) electrons. The van der Waals surface area contributed by atoms with Crippen molar-refractivity contribution in [2.24, 2.45) is 23.2 Å². The normalized spacial score (nSPS) is 55.4. The number of carboxylic acid groups (broad SMARTS) is 1. The standard InChI is InChI=1S/C10H10N2O4/c13-6-10(12-8(16)11-6)3-1-4-5(10)9(4,2-3)7(14)15/h3-5H,1-2H2,(H,14,15)(H2,11,12,13,16)/t3-,4-,5+,9+,10?/m1/s1. The molecule has 1 saturated heterocycles. The Hall–Kier alpha value is -1.59. The lowest BCUT2D eigenvalue weighted by Crippen LogP contribution is -2.50. The number of aliphatic carboxylic acids is 1. The van der Waals surface area contributed by atoms with Crippen molar-refractivity contribution in [2.45, 2.75) is 18.4 Å². The van der Waals surface area contributed by atoms with Gasteiger partial charge in [0.15, 0.2) is 0 Å². The van der Waals surface area contributed by atoms with Crippen LogP contribution < -0.4 is 10.6 Å². The Morgan fingerprint density at radius 1 is 1.44 bits per heavy atom. The van der Waals surface area contributed by atoms with Crippen LogP contribution >= 0.6 is 0 Å². The van der Waals surface area contributed by atoms with Crippen molar-refractivity contribution >= 4 is 17.9 Å². The Labute approximate surface area is 90.4 Å². The number of carbonyl (C=O) groups excluding carboxylic acids is 2. The number of rotatable bonds is 1. The van der Waals surface area contributed by atoms with E-state index in [0.717, 1.165) is 6.42 Å². The fraction of sp³-hybridized carbons (Fsp3) is 0.700. The van der Waals surface area contributed by atoms with Crippen LogP contribution in [0.5, 0.6) is 0 Å². The second-order valence-electron chi connectivity index (χ2n) is 5.34. The highest BCUT2D eigenvalue weighted by Crippen LogP contribution is 2.82. The van der Waals surface area contributed by atoms with E-state index in [-0.39, 0.29) is 23.7 Å². The molecule has 4 saturated carbocycles. The van der Waals surface area contributed by atoms with Crippen LogP contribution in [0, 0.1) is 23.2 Å². The second kappa shape index (κ2) is 1.97. The van der Waals surface area contributed by atoms with Gasteiger partial charge in [0.2, 0.25) is 0 Å². The number of urea groups is 1. The molecule has 5 fully saturated rings. The molecule has 0 aromatic rings. The summed E-state index contributed by atoms with van der Waals surface area (Å²) in [6.07, 6.45) is 1.29. The van der Waals surface area contributed by atoms with E-state index in [1.165, 1.54) is 0 Å². The Morgan fingerprint density at radius 2 is 2.19 bits per heavy atom. The van der Waals surface area contributed by atoms with E-state index < -0.39 is 23.0 Å². The molecular formula is C10H10N2O4. The molecule has 84 valence electrons. The monoisotopic (exact) mass is 222 g/mol. The number of hydrogen-bond donors (Lipinski definition) is 3. The predicted octanol–water partition coefficient (Wildman–Crippen LogP) is -0.695. The predicted molar refractivity (Wildman–Crippen MR) is 49.2 cm³/mol. The number of carboxylic acids is 1. The topological polar surface area (TPSA) is 95.5 Å². The van der Waals surface area contributed by atoms with Crippen LogP contribution in [-0.4, -0.2) is 28.6 Å². The molecule has 1 heterocycles. The molecule has 4 aliphatic carbocycles. The number of amides is 3. The van der Waals surface area contributed by atoms with E-state index in [9.17, 15) is 19.5 Å². The van der Waals surface area contributed by atoms with Gasteiger partial charge in [-0.15, -0.1) is 0 Å². The first-order valence-corrected chi connectivity index (χ1v) is 5.40. The highest BCUT2D eigenvalue weighted by atomic mass is 16.4. The molecule has 1 unspecified atom stereocenters.